The van der Waals surface area contributed by atoms with Crippen LogP contribution < -0.4 is 16.4 Å². The first-order valence-electron chi connectivity index (χ1n) is 16.9. The number of nitrogens with zero attached hydrogens (tertiary/aromatic N) is 5. The zero-order valence-electron chi connectivity index (χ0n) is 27.1. The SMILES string of the molecule is CCN1CCC(N2CCN(C(=O)[C@H](Cc3cc(Br)c(N)c(Br)c3)NC(=O)N3CCC(N4Cc5ccccc5NC4=O)CC3)CC2)CC1. The van der Waals surface area contributed by atoms with Gasteiger partial charge < -0.3 is 36.0 Å². The van der Waals surface area contributed by atoms with Gasteiger partial charge in [-0.05, 0) is 107 Å². The molecule has 0 radical (unpaired) electrons. The van der Waals surface area contributed by atoms with Crippen LogP contribution in [0.5, 0.6) is 0 Å². The van der Waals surface area contributed by atoms with Crippen molar-refractivity contribution in [3.63, 3.8) is 0 Å². The van der Waals surface area contributed by atoms with E-state index >= 15 is 0 Å². The third kappa shape index (κ3) is 7.90. The number of hydrogen-bond donors (Lipinski definition) is 3. The first-order chi connectivity index (χ1) is 22.7. The molecule has 13 heteroatoms. The number of carbonyl (C=O) groups is 3. The summed E-state index contributed by atoms with van der Waals surface area (Å²) in [5, 5.41) is 6.11. The number of nitrogens with two attached hydrogens (primary N) is 1. The van der Waals surface area contributed by atoms with Crippen molar-refractivity contribution in [3.05, 3.63) is 56.5 Å². The number of piperidine rings is 2. The number of likely N-dealkylation sites (tertiary alicyclic amines) is 2. The number of amides is 5. The number of rotatable bonds is 7. The van der Waals surface area contributed by atoms with Gasteiger partial charge in [0.25, 0.3) is 0 Å². The van der Waals surface area contributed by atoms with Crippen LogP contribution in [-0.4, -0.2) is 119 Å². The Morgan fingerprint density at radius 3 is 2.21 bits per heavy atom. The van der Waals surface area contributed by atoms with E-state index in [0.29, 0.717) is 63.7 Å². The lowest BCUT2D eigenvalue weighted by Crippen LogP contribution is -2.59. The Labute approximate surface area is 294 Å². The van der Waals surface area contributed by atoms with Crippen molar-refractivity contribution in [2.24, 2.45) is 0 Å². The van der Waals surface area contributed by atoms with Crippen molar-refractivity contribution in [2.45, 2.75) is 63.7 Å². The highest BCUT2D eigenvalue weighted by Crippen LogP contribution is 2.31. The molecule has 4 heterocycles. The number of para-hydroxylation sites is 1. The molecule has 254 valence electrons. The Kier molecular flexibility index (Phi) is 10.9. The van der Waals surface area contributed by atoms with Crippen LogP contribution >= 0.6 is 31.9 Å². The molecule has 47 heavy (non-hydrogen) atoms. The molecule has 11 nitrogen and oxygen atoms in total. The maximum absolute atomic E-state index is 14.1. The Hall–Kier alpha value is -2.87. The van der Waals surface area contributed by atoms with E-state index in [2.05, 4.69) is 59.2 Å². The zero-order chi connectivity index (χ0) is 33.1. The van der Waals surface area contributed by atoms with Crippen LogP contribution in [0.2, 0.25) is 0 Å². The molecule has 5 amide bonds. The summed E-state index contributed by atoms with van der Waals surface area (Å²) >= 11 is 7.06. The number of fused-ring (bicyclic) bond motifs is 1. The predicted molar refractivity (Wildman–Crippen MR) is 191 cm³/mol. The number of nitrogens with one attached hydrogen (secondary N) is 2. The third-order valence-electron chi connectivity index (χ3n) is 10.4. The molecular weight excluding hydrogens is 728 g/mol. The number of halogens is 2. The number of benzene rings is 2. The summed E-state index contributed by atoms with van der Waals surface area (Å²) in [6.07, 6.45) is 4.06. The minimum atomic E-state index is -0.716. The smallest absolute Gasteiger partial charge is 0.322 e. The summed E-state index contributed by atoms with van der Waals surface area (Å²) in [6.45, 7) is 10.2. The van der Waals surface area contributed by atoms with Crippen molar-refractivity contribution in [1.29, 1.82) is 0 Å². The number of hydrogen-bond acceptors (Lipinski definition) is 6. The number of urea groups is 2. The standard InChI is InChI=1S/C34H46Br2N8O3/c1-2-40-11-7-25(8-12-40)41-15-17-42(18-16-41)32(45)30(21-23-19-27(35)31(37)28(36)20-23)39-33(46)43-13-9-26(10-14-43)44-22-24-5-3-4-6-29(24)38-34(44)47/h3-6,19-20,25-26,30H,2,7-18,21-22,37H2,1H3,(H,38,47)(H,39,46)/t30-/m0/s1. The lowest BCUT2D eigenvalue weighted by molar-refractivity contribution is -0.135. The molecule has 0 bridgehead atoms. The molecule has 3 saturated heterocycles. The molecule has 2 aromatic carbocycles. The highest BCUT2D eigenvalue weighted by atomic mass is 79.9. The van der Waals surface area contributed by atoms with E-state index in [1.165, 1.54) is 12.8 Å². The molecule has 0 aromatic heterocycles. The van der Waals surface area contributed by atoms with Crippen LogP contribution in [0.4, 0.5) is 21.0 Å². The van der Waals surface area contributed by atoms with Gasteiger partial charge in [0.2, 0.25) is 5.91 Å². The normalized spacial score (nSPS) is 20.9. The average molecular weight is 775 g/mol. The zero-order valence-corrected chi connectivity index (χ0v) is 30.3. The minimum absolute atomic E-state index is 0.0415. The number of nitrogen functional groups attached to an aromatic ring is 1. The first kappa shape index (κ1) is 34.0. The van der Waals surface area contributed by atoms with Gasteiger partial charge in [-0.1, -0.05) is 25.1 Å². The second kappa shape index (κ2) is 15.1. The van der Waals surface area contributed by atoms with Crippen molar-refractivity contribution < 1.29 is 14.4 Å². The Bertz CT molecular complexity index is 1430. The summed E-state index contributed by atoms with van der Waals surface area (Å²) in [5.41, 5.74) is 9.59. The van der Waals surface area contributed by atoms with Gasteiger partial charge in [0.05, 0.1) is 5.69 Å². The van der Waals surface area contributed by atoms with Gasteiger partial charge in [0, 0.05) is 79.0 Å². The maximum atomic E-state index is 14.1. The van der Waals surface area contributed by atoms with Crippen molar-refractivity contribution in [1.82, 2.24) is 29.8 Å². The monoisotopic (exact) mass is 772 g/mol. The van der Waals surface area contributed by atoms with Crippen LogP contribution in [-0.2, 0) is 17.8 Å². The Morgan fingerprint density at radius 2 is 1.55 bits per heavy atom. The average Bonchev–Trinajstić information content (AvgIpc) is 3.10. The van der Waals surface area contributed by atoms with Gasteiger partial charge in [0.15, 0.2) is 0 Å². The van der Waals surface area contributed by atoms with E-state index < -0.39 is 6.04 Å². The van der Waals surface area contributed by atoms with Crippen molar-refractivity contribution in [3.8, 4) is 0 Å². The van der Waals surface area contributed by atoms with Gasteiger partial charge in [-0.2, -0.15) is 0 Å². The van der Waals surface area contributed by atoms with Gasteiger partial charge in [-0.3, -0.25) is 9.69 Å². The van der Waals surface area contributed by atoms with E-state index in [9.17, 15) is 14.4 Å². The molecule has 0 aliphatic carbocycles. The lowest BCUT2D eigenvalue weighted by atomic mass is 10.0. The minimum Gasteiger partial charge on any atom is -0.397 e. The lowest BCUT2D eigenvalue weighted by Gasteiger charge is -2.43. The third-order valence-corrected chi connectivity index (χ3v) is 11.7. The Balaban J connectivity index is 1.08. The molecule has 0 unspecified atom stereocenters. The summed E-state index contributed by atoms with van der Waals surface area (Å²) in [4.78, 5) is 51.3. The fourth-order valence-corrected chi connectivity index (χ4v) is 8.74. The highest BCUT2D eigenvalue weighted by molar-refractivity contribution is 9.11. The summed E-state index contributed by atoms with van der Waals surface area (Å²) in [7, 11) is 0. The van der Waals surface area contributed by atoms with Crippen molar-refractivity contribution in [2.75, 3.05) is 70.0 Å². The Morgan fingerprint density at radius 1 is 0.915 bits per heavy atom. The van der Waals surface area contributed by atoms with Crippen LogP contribution in [0.1, 0.15) is 43.7 Å². The van der Waals surface area contributed by atoms with E-state index in [1.54, 1.807) is 4.90 Å². The van der Waals surface area contributed by atoms with E-state index in [-0.39, 0.29) is 24.0 Å². The van der Waals surface area contributed by atoms with Crippen LogP contribution in [0, 0.1) is 0 Å². The fourth-order valence-electron chi connectivity index (χ4n) is 7.46. The number of carbonyl (C=O) groups excluding carboxylic acids is 3. The van der Waals surface area contributed by atoms with Gasteiger partial charge in [0.1, 0.15) is 6.04 Å². The summed E-state index contributed by atoms with van der Waals surface area (Å²) in [5.74, 6) is -0.0542. The van der Waals surface area contributed by atoms with Crippen molar-refractivity contribution >= 4 is 61.2 Å². The van der Waals surface area contributed by atoms with Crippen LogP contribution in [0.3, 0.4) is 0 Å². The van der Waals surface area contributed by atoms with E-state index in [4.69, 9.17) is 5.73 Å². The van der Waals surface area contributed by atoms with Gasteiger partial charge in [-0.25, -0.2) is 9.59 Å². The summed E-state index contributed by atoms with van der Waals surface area (Å²) in [6, 6.07) is 11.3. The molecule has 3 fully saturated rings. The van der Waals surface area contributed by atoms with Crippen LogP contribution in [0.25, 0.3) is 0 Å². The molecule has 0 spiro atoms. The molecule has 4 N–H and O–H groups in total. The summed E-state index contributed by atoms with van der Waals surface area (Å²) < 4.78 is 1.49. The molecule has 2 aromatic rings. The van der Waals surface area contributed by atoms with E-state index in [1.807, 2.05) is 46.2 Å². The number of anilines is 2. The molecule has 6 rings (SSSR count). The van der Waals surface area contributed by atoms with Gasteiger partial charge in [-0.15, -0.1) is 0 Å². The molecule has 4 aliphatic rings. The van der Waals surface area contributed by atoms with E-state index in [0.717, 1.165) is 58.5 Å². The highest BCUT2D eigenvalue weighted by Gasteiger charge is 2.36. The maximum Gasteiger partial charge on any atom is 0.322 e. The second-order valence-electron chi connectivity index (χ2n) is 13.1. The van der Waals surface area contributed by atoms with Crippen LogP contribution in [0.15, 0.2) is 45.3 Å². The molecular formula is C34H46Br2N8O3. The molecule has 4 aliphatic heterocycles. The second-order valence-corrected chi connectivity index (χ2v) is 14.8. The predicted octanol–water partition coefficient (Wildman–Crippen LogP) is 4.56. The molecule has 0 saturated carbocycles. The largest absolute Gasteiger partial charge is 0.397 e. The molecule has 1 atom stereocenters. The topological polar surface area (TPSA) is 117 Å². The first-order valence-corrected chi connectivity index (χ1v) is 18.5. The fraction of sp³-hybridized carbons (Fsp3) is 0.559. The quantitative estimate of drug-likeness (QED) is 0.356. The van der Waals surface area contributed by atoms with Gasteiger partial charge >= 0.3 is 12.1 Å². The number of piperazine rings is 1.